The van der Waals surface area contributed by atoms with Gasteiger partial charge < -0.3 is 5.73 Å². The Morgan fingerprint density at radius 1 is 1.20 bits per heavy atom. The Kier molecular flexibility index (Phi) is 5.38. The third-order valence-corrected chi connectivity index (χ3v) is 5.20. The fourth-order valence-corrected chi connectivity index (χ4v) is 3.85. The van der Waals surface area contributed by atoms with Crippen LogP contribution < -0.4 is 5.73 Å². The second-order valence-electron chi connectivity index (χ2n) is 5.32. The zero-order valence-electron chi connectivity index (χ0n) is 11.3. The van der Waals surface area contributed by atoms with Crippen molar-refractivity contribution >= 4 is 11.8 Å². The molecule has 0 heterocycles. The number of alkyl halides is 3. The van der Waals surface area contributed by atoms with Crippen LogP contribution in [0.15, 0.2) is 24.3 Å². The smallest absolute Gasteiger partial charge is 0.323 e. The van der Waals surface area contributed by atoms with Crippen LogP contribution in [-0.2, 0) is 6.18 Å². The van der Waals surface area contributed by atoms with Crippen molar-refractivity contribution in [1.82, 2.24) is 0 Å². The Morgan fingerprint density at radius 2 is 1.90 bits per heavy atom. The van der Waals surface area contributed by atoms with Crippen LogP contribution in [0.25, 0.3) is 0 Å². The Morgan fingerprint density at radius 3 is 2.55 bits per heavy atom. The van der Waals surface area contributed by atoms with Crippen molar-refractivity contribution in [3.8, 4) is 0 Å². The molecular weight excluding hydrogens is 283 g/mol. The van der Waals surface area contributed by atoms with Crippen molar-refractivity contribution in [1.29, 1.82) is 0 Å². The number of thioether (sulfide) groups is 1. The third kappa shape index (κ3) is 4.42. The summed E-state index contributed by atoms with van der Waals surface area (Å²) in [5.74, 6) is 0.686. The summed E-state index contributed by atoms with van der Waals surface area (Å²) >= 11 is 1.81. The summed E-state index contributed by atoms with van der Waals surface area (Å²) < 4.78 is 38.0. The minimum atomic E-state index is -4.30. The number of halogens is 3. The quantitative estimate of drug-likeness (QED) is 0.867. The molecule has 0 aliphatic heterocycles. The molecule has 5 heteroatoms. The molecule has 0 spiro atoms. The molecule has 0 aromatic heterocycles. The normalized spacial score (nSPS) is 19.0. The Balaban J connectivity index is 1.93. The number of hydrogen-bond acceptors (Lipinski definition) is 2. The van der Waals surface area contributed by atoms with Crippen molar-refractivity contribution in [3.63, 3.8) is 0 Å². The lowest BCUT2D eigenvalue weighted by molar-refractivity contribution is -0.137. The average molecular weight is 303 g/mol. The summed E-state index contributed by atoms with van der Waals surface area (Å²) in [6.45, 7) is 0. The van der Waals surface area contributed by atoms with E-state index in [0.717, 1.165) is 6.07 Å². The van der Waals surface area contributed by atoms with Gasteiger partial charge in [0.25, 0.3) is 0 Å². The van der Waals surface area contributed by atoms with Crippen molar-refractivity contribution < 1.29 is 13.2 Å². The van der Waals surface area contributed by atoms with E-state index < -0.39 is 11.7 Å². The second kappa shape index (κ2) is 6.85. The van der Waals surface area contributed by atoms with E-state index in [1.807, 2.05) is 11.8 Å². The molecular formula is C15H20F3NS. The molecule has 0 radical (unpaired) electrons. The summed E-state index contributed by atoms with van der Waals surface area (Å²) in [5.41, 5.74) is 5.99. The molecule has 1 saturated carbocycles. The van der Waals surface area contributed by atoms with E-state index in [1.165, 1.54) is 44.2 Å². The first-order valence-corrected chi connectivity index (χ1v) is 8.06. The summed E-state index contributed by atoms with van der Waals surface area (Å²) in [4.78, 5) is 0. The van der Waals surface area contributed by atoms with Crippen LogP contribution in [0.2, 0.25) is 0 Å². The highest BCUT2D eigenvalue weighted by atomic mass is 32.2. The highest BCUT2D eigenvalue weighted by Gasteiger charge is 2.30. The predicted octanol–water partition coefficient (Wildman–Crippen LogP) is 4.77. The molecule has 1 unspecified atom stereocenters. The van der Waals surface area contributed by atoms with Gasteiger partial charge in [0.2, 0.25) is 0 Å². The SMILES string of the molecule is NC(CSC1CCCCC1)c1cccc(C(F)(F)F)c1. The standard InChI is InChI=1S/C15H20F3NS/c16-15(17,18)12-6-4-5-11(9-12)14(19)10-20-13-7-2-1-3-8-13/h4-6,9,13-14H,1-3,7-8,10,19H2. The third-order valence-electron chi connectivity index (χ3n) is 3.71. The van der Waals surface area contributed by atoms with E-state index in [9.17, 15) is 13.2 Å². The van der Waals surface area contributed by atoms with E-state index in [1.54, 1.807) is 6.07 Å². The van der Waals surface area contributed by atoms with E-state index in [4.69, 9.17) is 5.73 Å². The fraction of sp³-hybridized carbons (Fsp3) is 0.600. The molecule has 20 heavy (non-hydrogen) atoms. The van der Waals surface area contributed by atoms with Gasteiger partial charge >= 0.3 is 6.18 Å². The molecule has 1 aliphatic rings. The zero-order chi connectivity index (χ0) is 14.6. The first-order chi connectivity index (χ1) is 9.47. The van der Waals surface area contributed by atoms with Gasteiger partial charge in [-0.15, -0.1) is 0 Å². The molecule has 1 fully saturated rings. The van der Waals surface area contributed by atoms with E-state index >= 15 is 0 Å². The fourth-order valence-electron chi connectivity index (χ4n) is 2.51. The van der Waals surface area contributed by atoms with Crippen LogP contribution in [-0.4, -0.2) is 11.0 Å². The van der Waals surface area contributed by atoms with Gasteiger partial charge in [-0.1, -0.05) is 31.4 Å². The van der Waals surface area contributed by atoms with Crippen molar-refractivity contribution in [3.05, 3.63) is 35.4 Å². The molecule has 2 rings (SSSR count). The van der Waals surface area contributed by atoms with Crippen LogP contribution in [0, 0.1) is 0 Å². The van der Waals surface area contributed by atoms with Gasteiger partial charge in [-0.3, -0.25) is 0 Å². The maximum Gasteiger partial charge on any atom is 0.416 e. The predicted molar refractivity (Wildman–Crippen MR) is 77.7 cm³/mol. The van der Waals surface area contributed by atoms with Gasteiger partial charge in [0, 0.05) is 17.0 Å². The molecule has 1 aromatic carbocycles. The van der Waals surface area contributed by atoms with Gasteiger partial charge in [-0.05, 0) is 30.5 Å². The number of nitrogens with two attached hydrogens (primary N) is 1. The monoisotopic (exact) mass is 303 g/mol. The van der Waals surface area contributed by atoms with E-state index in [-0.39, 0.29) is 6.04 Å². The van der Waals surface area contributed by atoms with Crippen LogP contribution in [0.4, 0.5) is 13.2 Å². The van der Waals surface area contributed by atoms with Gasteiger partial charge in [-0.2, -0.15) is 24.9 Å². The minimum Gasteiger partial charge on any atom is -0.323 e. The van der Waals surface area contributed by atoms with Crippen LogP contribution in [0.1, 0.15) is 49.3 Å². The Hall–Kier alpha value is -0.680. The van der Waals surface area contributed by atoms with Crippen molar-refractivity contribution in [2.75, 3.05) is 5.75 Å². The average Bonchev–Trinajstić information content (AvgIpc) is 2.45. The summed E-state index contributed by atoms with van der Waals surface area (Å²) in [6, 6.07) is 5.05. The summed E-state index contributed by atoms with van der Waals surface area (Å²) in [5, 5.41) is 0.626. The summed E-state index contributed by atoms with van der Waals surface area (Å²) in [7, 11) is 0. The molecule has 1 atom stereocenters. The lowest BCUT2D eigenvalue weighted by Crippen LogP contribution is -2.17. The van der Waals surface area contributed by atoms with E-state index in [0.29, 0.717) is 16.6 Å². The zero-order valence-corrected chi connectivity index (χ0v) is 12.1. The molecule has 0 amide bonds. The highest BCUT2D eigenvalue weighted by molar-refractivity contribution is 7.99. The van der Waals surface area contributed by atoms with Crippen LogP contribution in [0.5, 0.6) is 0 Å². The van der Waals surface area contributed by atoms with Crippen molar-refractivity contribution in [2.45, 2.75) is 49.6 Å². The second-order valence-corrected chi connectivity index (χ2v) is 6.66. The van der Waals surface area contributed by atoms with Crippen LogP contribution >= 0.6 is 11.8 Å². The summed E-state index contributed by atoms with van der Waals surface area (Å²) in [6.07, 6.45) is 1.94. The maximum atomic E-state index is 12.7. The topological polar surface area (TPSA) is 26.0 Å². The number of hydrogen-bond donors (Lipinski definition) is 1. The molecule has 2 N–H and O–H groups in total. The highest BCUT2D eigenvalue weighted by Crippen LogP contribution is 2.33. The molecule has 0 bridgehead atoms. The molecule has 1 aliphatic carbocycles. The lowest BCUT2D eigenvalue weighted by Gasteiger charge is -2.23. The van der Waals surface area contributed by atoms with Crippen molar-refractivity contribution in [2.24, 2.45) is 5.73 Å². The first-order valence-electron chi connectivity index (χ1n) is 7.01. The first kappa shape index (κ1) is 15.7. The largest absolute Gasteiger partial charge is 0.416 e. The van der Waals surface area contributed by atoms with Crippen LogP contribution in [0.3, 0.4) is 0 Å². The number of benzene rings is 1. The maximum absolute atomic E-state index is 12.7. The van der Waals surface area contributed by atoms with Gasteiger partial charge in [0.05, 0.1) is 5.56 Å². The molecule has 0 saturated heterocycles. The van der Waals surface area contributed by atoms with Gasteiger partial charge in [-0.25, -0.2) is 0 Å². The Labute approximate surface area is 122 Å². The number of rotatable bonds is 4. The molecule has 1 nitrogen and oxygen atoms in total. The van der Waals surface area contributed by atoms with Gasteiger partial charge in [0.1, 0.15) is 0 Å². The Bertz CT molecular complexity index is 427. The molecule has 112 valence electrons. The minimum absolute atomic E-state index is 0.329. The lowest BCUT2D eigenvalue weighted by atomic mass is 10.0. The van der Waals surface area contributed by atoms with Gasteiger partial charge in [0.15, 0.2) is 0 Å². The molecule has 1 aromatic rings. The van der Waals surface area contributed by atoms with E-state index in [2.05, 4.69) is 0 Å².